The molecule has 1 saturated carbocycles. The van der Waals surface area contributed by atoms with Gasteiger partial charge in [0, 0.05) is 30.4 Å². The van der Waals surface area contributed by atoms with Crippen LogP contribution in [0.2, 0.25) is 0 Å². The molecule has 2 N–H and O–H groups in total. The van der Waals surface area contributed by atoms with E-state index in [0.29, 0.717) is 48.2 Å². The second kappa shape index (κ2) is 12.1. The number of hydrogen-bond donors (Lipinski definition) is 2. The predicted molar refractivity (Wildman–Crippen MR) is 137 cm³/mol. The Morgan fingerprint density at radius 2 is 1.81 bits per heavy atom. The van der Waals surface area contributed by atoms with Crippen LogP contribution >= 0.6 is 0 Å². The van der Waals surface area contributed by atoms with Gasteiger partial charge in [0.05, 0.1) is 11.1 Å². The van der Waals surface area contributed by atoms with E-state index >= 15 is 0 Å². The smallest absolute Gasteiger partial charge is 0.311 e. The van der Waals surface area contributed by atoms with Crippen molar-refractivity contribution >= 4 is 24.2 Å². The molecule has 0 radical (unpaired) electrons. The lowest BCUT2D eigenvalue weighted by atomic mass is 9.69. The lowest BCUT2D eigenvalue weighted by Gasteiger charge is -2.37. The van der Waals surface area contributed by atoms with Gasteiger partial charge in [-0.05, 0) is 44.4 Å². The molecule has 0 bridgehead atoms. The third kappa shape index (κ3) is 6.36. The fourth-order valence-corrected chi connectivity index (χ4v) is 4.03. The molecule has 1 aliphatic rings. The maximum atomic E-state index is 14.0. The van der Waals surface area contributed by atoms with E-state index in [0.717, 1.165) is 12.0 Å². The standard InChI is InChI=1S/C22H20FNO.C7H11NO3/c1-16-10-12-19(13-11-16)22(25)20-9-5-15-24(20)14-4-8-18-7-3-6-17(2)21(18)23;9-5-8-4-7(6(10)11)2-1-3-7/h3-13,15H,14H2,1-2H3;5H,1-4H2,(H,8,9)(H,10,11)/b8-4+;. The van der Waals surface area contributed by atoms with Crippen molar-refractivity contribution in [1.82, 2.24) is 9.88 Å². The first-order chi connectivity index (χ1) is 17.3. The Balaban J connectivity index is 0.000000275. The van der Waals surface area contributed by atoms with Crippen LogP contribution in [0.4, 0.5) is 4.39 Å². The minimum absolute atomic E-state index is 0.0138. The van der Waals surface area contributed by atoms with Crippen LogP contribution in [0.15, 0.2) is 66.9 Å². The first kappa shape index (κ1) is 26.6. The van der Waals surface area contributed by atoms with Gasteiger partial charge in [0.15, 0.2) is 0 Å². The van der Waals surface area contributed by atoms with Crippen LogP contribution in [-0.4, -0.2) is 34.4 Å². The highest BCUT2D eigenvalue weighted by Gasteiger charge is 2.43. The van der Waals surface area contributed by atoms with Crippen molar-refractivity contribution in [3.05, 3.63) is 101 Å². The highest BCUT2D eigenvalue weighted by molar-refractivity contribution is 6.08. The Kier molecular flexibility index (Phi) is 8.95. The summed E-state index contributed by atoms with van der Waals surface area (Å²) in [5.74, 6) is -1.01. The summed E-state index contributed by atoms with van der Waals surface area (Å²) in [4.78, 5) is 33.2. The highest BCUT2D eigenvalue weighted by atomic mass is 19.1. The van der Waals surface area contributed by atoms with Gasteiger partial charge < -0.3 is 15.0 Å². The molecule has 3 aromatic rings. The summed E-state index contributed by atoms with van der Waals surface area (Å²) in [5.41, 5.74) is 2.94. The number of aliphatic carboxylic acids is 1. The third-order valence-electron chi connectivity index (χ3n) is 6.49. The molecule has 6 nitrogen and oxygen atoms in total. The van der Waals surface area contributed by atoms with E-state index in [4.69, 9.17) is 5.11 Å². The van der Waals surface area contributed by atoms with Crippen molar-refractivity contribution in [2.24, 2.45) is 5.41 Å². The van der Waals surface area contributed by atoms with Crippen molar-refractivity contribution in [3.8, 4) is 0 Å². The lowest BCUT2D eigenvalue weighted by Crippen LogP contribution is -2.45. The Bertz CT molecular complexity index is 1240. The fourth-order valence-electron chi connectivity index (χ4n) is 4.03. The quantitative estimate of drug-likeness (QED) is 0.320. The van der Waals surface area contributed by atoms with Gasteiger partial charge in [0.1, 0.15) is 5.82 Å². The number of carboxylic acid groups (broad SMARTS) is 1. The predicted octanol–water partition coefficient (Wildman–Crippen LogP) is 5.18. The molecular formula is C29H31FN2O4. The van der Waals surface area contributed by atoms with Crippen LogP contribution in [0.1, 0.15) is 52.0 Å². The van der Waals surface area contributed by atoms with Crippen molar-refractivity contribution in [3.63, 3.8) is 0 Å². The zero-order valence-corrected chi connectivity index (χ0v) is 20.5. The number of rotatable bonds is 9. The maximum Gasteiger partial charge on any atom is 0.311 e. The van der Waals surface area contributed by atoms with Gasteiger partial charge in [0.25, 0.3) is 0 Å². The number of carboxylic acids is 1. The second-order valence-corrected chi connectivity index (χ2v) is 9.06. The Hall–Kier alpha value is -4.00. The molecule has 7 heteroatoms. The van der Waals surface area contributed by atoms with E-state index in [1.165, 1.54) is 0 Å². The Morgan fingerprint density at radius 3 is 2.42 bits per heavy atom. The Labute approximate surface area is 210 Å². The molecule has 1 heterocycles. The van der Waals surface area contributed by atoms with Crippen LogP contribution in [0.5, 0.6) is 0 Å². The van der Waals surface area contributed by atoms with Gasteiger partial charge in [-0.2, -0.15) is 0 Å². The van der Waals surface area contributed by atoms with E-state index < -0.39 is 11.4 Å². The molecule has 0 aliphatic heterocycles. The average molecular weight is 491 g/mol. The zero-order chi connectivity index (χ0) is 26.1. The minimum atomic E-state index is -0.793. The lowest BCUT2D eigenvalue weighted by molar-refractivity contribution is -0.154. The summed E-state index contributed by atoms with van der Waals surface area (Å²) in [6.07, 6.45) is 8.34. The molecule has 1 fully saturated rings. The average Bonchev–Trinajstić information content (AvgIpc) is 3.30. The van der Waals surface area contributed by atoms with Gasteiger partial charge in [-0.3, -0.25) is 14.4 Å². The van der Waals surface area contributed by atoms with Crippen molar-refractivity contribution in [2.45, 2.75) is 39.7 Å². The normalized spacial score (nSPS) is 13.9. The van der Waals surface area contributed by atoms with Gasteiger partial charge >= 0.3 is 5.97 Å². The summed E-state index contributed by atoms with van der Waals surface area (Å²) < 4.78 is 15.9. The number of hydrogen-bond acceptors (Lipinski definition) is 3. The number of carbonyl (C=O) groups excluding carboxylic acids is 2. The molecule has 1 amide bonds. The van der Waals surface area contributed by atoms with Crippen LogP contribution in [-0.2, 0) is 16.1 Å². The summed E-state index contributed by atoms with van der Waals surface area (Å²) in [7, 11) is 0. The van der Waals surface area contributed by atoms with Crippen molar-refractivity contribution in [2.75, 3.05) is 6.54 Å². The molecule has 0 spiro atoms. The molecule has 1 aliphatic carbocycles. The van der Waals surface area contributed by atoms with Crippen LogP contribution in [0, 0.1) is 25.1 Å². The summed E-state index contributed by atoms with van der Waals surface area (Å²) in [5, 5.41) is 11.2. The van der Waals surface area contributed by atoms with Crippen LogP contribution in [0.25, 0.3) is 6.08 Å². The largest absolute Gasteiger partial charge is 0.481 e. The zero-order valence-electron chi connectivity index (χ0n) is 20.5. The maximum absolute atomic E-state index is 14.0. The molecule has 4 rings (SSSR count). The van der Waals surface area contributed by atoms with Crippen molar-refractivity contribution in [1.29, 1.82) is 0 Å². The van der Waals surface area contributed by atoms with E-state index in [1.54, 1.807) is 25.1 Å². The van der Waals surface area contributed by atoms with Crippen molar-refractivity contribution < 1.29 is 23.9 Å². The molecule has 36 heavy (non-hydrogen) atoms. The van der Waals surface area contributed by atoms with E-state index in [-0.39, 0.29) is 18.1 Å². The first-order valence-corrected chi connectivity index (χ1v) is 11.9. The van der Waals surface area contributed by atoms with E-state index in [2.05, 4.69) is 5.32 Å². The van der Waals surface area contributed by atoms with Gasteiger partial charge in [-0.1, -0.05) is 66.6 Å². The second-order valence-electron chi connectivity index (χ2n) is 9.06. The third-order valence-corrected chi connectivity index (χ3v) is 6.49. The topological polar surface area (TPSA) is 88.4 Å². The number of ketones is 1. The fraction of sp³-hybridized carbons (Fsp3) is 0.276. The van der Waals surface area contributed by atoms with Gasteiger partial charge in [0.2, 0.25) is 12.2 Å². The van der Waals surface area contributed by atoms with Gasteiger partial charge in [-0.25, -0.2) is 4.39 Å². The molecule has 0 saturated heterocycles. The number of aryl methyl sites for hydroxylation is 2. The van der Waals surface area contributed by atoms with Gasteiger partial charge in [-0.15, -0.1) is 0 Å². The SMILES string of the molecule is Cc1ccc(C(=O)c2cccn2C/C=C/c2cccc(C)c2F)cc1.O=CNCC1(C(=O)O)CCC1. The highest BCUT2D eigenvalue weighted by Crippen LogP contribution is 2.40. The molecule has 1 aromatic heterocycles. The number of allylic oxidation sites excluding steroid dienone is 1. The first-order valence-electron chi connectivity index (χ1n) is 11.9. The molecule has 0 atom stereocenters. The van der Waals surface area contributed by atoms with Crippen LogP contribution in [0.3, 0.4) is 0 Å². The summed E-state index contributed by atoms with van der Waals surface area (Å²) >= 11 is 0. The van der Waals surface area contributed by atoms with Crippen LogP contribution < -0.4 is 5.32 Å². The molecule has 188 valence electrons. The molecule has 2 aromatic carbocycles. The number of nitrogens with one attached hydrogen (secondary N) is 1. The summed E-state index contributed by atoms with van der Waals surface area (Å²) in [6.45, 7) is 4.52. The van der Waals surface area contributed by atoms with E-state index in [9.17, 15) is 18.8 Å². The number of aromatic nitrogens is 1. The number of nitrogens with zero attached hydrogens (tertiary/aromatic N) is 1. The number of amides is 1. The number of halogens is 1. The number of carbonyl (C=O) groups is 3. The summed E-state index contributed by atoms with van der Waals surface area (Å²) in [6, 6.07) is 16.5. The van der Waals surface area contributed by atoms with E-state index in [1.807, 2.05) is 66.2 Å². The molecule has 0 unspecified atom stereocenters. The minimum Gasteiger partial charge on any atom is -0.481 e. The monoisotopic (exact) mass is 490 g/mol. The Morgan fingerprint density at radius 1 is 1.08 bits per heavy atom. The number of benzene rings is 2. The molecular weight excluding hydrogens is 459 g/mol.